The van der Waals surface area contributed by atoms with Gasteiger partial charge in [0.1, 0.15) is 0 Å². The first kappa shape index (κ1) is 14.9. The van der Waals surface area contributed by atoms with Crippen LogP contribution in [-0.2, 0) is 11.3 Å². The molecule has 1 fully saturated rings. The van der Waals surface area contributed by atoms with Gasteiger partial charge in [0.05, 0.1) is 4.92 Å². The molecule has 0 bridgehead atoms. The number of benzene rings is 1. The fraction of sp³-hybridized carbons (Fsp3) is 0.600. The summed E-state index contributed by atoms with van der Waals surface area (Å²) < 4.78 is 5.55. The van der Waals surface area contributed by atoms with Crippen LogP contribution < -0.4 is 5.32 Å². The Balaban J connectivity index is 1.63. The van der Waals surface area contributed by atoms with E-state index in [0.29, 0.717) is 12.1 Å². The van der Waals surface area contributed by atoms with Crippen molar-refractivity contribution < 1.29 is 9.66 Å². The molecular weight excluding hydrogens is 256 g/mol. The van der Waals surface area contributed by atoms with E-state index in [0.717, 1.165) is 37.7 Å². The molecule has 1 aromatic carbocycles. The largest absolute Gasteiger partial charge is 0.381 e. The van der Waals surface area contributed by atoms with Crippen molar-refractivity contribution in [2.45, 2.75) is 32.7 Å². The molecule has 2 rings (SSSR count). The fourth-order valence-corrected chi connectivity index (χ4v) is 2.03. The number of hydrogen-bond acceptors (Lipinski definition) is 4. The zero-order chi connectivity index (χ0) is 14.4. The summed E-state index contributed by atoms with van der Waals surface area (Å²) in [6, 6.07) is 5.37. The molecule has 1 aliphatic rings. The lowest BCUT2D eigenvalue weighted by Crippen LogP contribution is -2.16. The molecule has 0 radical (unpaired) electrons. The number of rotatable bonds is 9. The minimum Gasteiger partial charge on any atom is -0.381 e. The van der Waals surface area contributed by atoms with E-state index in [1.54, 1.807) is 19.1 Å². The maximum absolute atomic E-state index is 10.9. The average Bonchev–Trinajstić information content (AvgIpc) is 3.23. The summed E-state index contributed by atoms with van der Waals surface area (Å²) in [5, 5.41) is 14.1. The van der Waals surface area contributed by atoms with E-state index in [1.807, 2.05) is 6.07 Å². The van der Waals surface area contributed by atoms with Crippen molar-refractivity contribution in [3.05, 3.63) is 39.4 Å². The van der Waals surface area contributed by atoms with Crippen molar-refractivity contribution in [1.29, 1.82) is 0 Å². The minimum absolute atomic E-state index is 0.192. The van der Waals surface area contributed by atoms with Crippen LogP contribution in [0.25, 0.3) is 0 Å². The van der Waals surface area contributed by atoms with Crippen LogP contribution >= 0.6 is 0 Å². The van der Waals surface area contributed by atoms with Gasteiger partial charge in [0.2, 0.25) is 0 Å². The molecule has 0 heterocycles. The lowest BCUT2D eigenvalue weighted by molar-refractivity contribution is -0.385. The Bertz CT molecular complexity index is 458. The number of nitrogens with zero attached hydrogens (tertiary/aromatic N) is 1. The summed E-state index contributed by atoms with van der Waals surface area (Å²) in [6.07, 6.45) is 3.62. The third-order valence-electron chi connectivity index (χ3n) is 3.49. The summed E-state index contributed by atoms with van der Waals surface area (Å²) in [5.74, 6) is 0.816. The molecular formula is C15H22N2O3. The van der Waals surface area contributed by atoms with E-state index in [4.69, 9.17) is 4.74 Å². The molecule has 110 valence electrons. The van der Waals surface area contributed by atoms with Gasteiger partial charge in [-0.3, -0.25) is 10.1 Å². The van der Waals surface area contributed by atoms with E-state index in [-0.39, 0.29) is 10.6 Å². The molecule has 1 aliphatic carbocycles. The summed E-state index contributed by atoms with van der Waals surface area (Å²) in [7, 11) is 0. The molecule has 0 saturated heterocycles. The van der Waals surface area contributed by atoms with Crippen LogP contribution in [0.4, 0.5) is 5.69 Å². The molecule has 0 aliphatic heterocycles. The maximum Gasteiger partial charge on any atom is 0.272 e. The Morgan fingerprint density at radius 1 is 1.45 bits per heavy atom. The van der Waals surface area contributed by atoms with Crippen LogP contribution in [-0.4, -0.2) is 24.7 Å². The van der Waals surface area contributed by atoms with Gasteiger partial charge in [0.25, 0.3) is 5.69 Å². The van der Waals surface area contributed by atoms with Crippen LogP contribution in [0.15, 0.2) is 18.2 Å². The molecule has 5 nitrogen and oxygen atoms in total. The van der Waals surface area contributed by atoms with Crippen LogP contribution in [0.1, 0.15) is 30.4 Å². The number of hydrogen-bond donors (Lipinski definition) is 1. The second kappa shape index (κ2) is 7.36. The Hall–Kier alpha value is -1.46. The summed E-state index contributed by atoms with van der Waals surface area (Å²) >= 11 is 0. The Labute approximate surface area is 119 Å². The predicted octanol–water partition coefficient (Wildman–Crippen LogP) is 2.81. The first-order valence-electron chi connectivity index (χ1n) is 7.19. The minimum atomic E-state index is -0.329. The van der Waals surface area contributed by atoms with Crippen LogP contribution in [0.3, 0.4) is 0 Å². The van der Waals surface area contributed by atoms with E-state index < -0.39 is 0 Å². The van der Waals surface area contributed by atoms with Crippen molar-refractivity contribution in [2.75, 3.05) is 19.8 Å². The number of nitro benzene ring substituents is 1. The number of nitrogens with one attached hydrogen (secondary N) is 1. The van der Waals surface area contributed by atoms with Crippen LogP contribution in [0.2, 0.25) is 0 Å². The third-order valence-corrected chi connectivity index (χ3v) is 3.49. The molecule has 1 aromatic rings. The number of ether oxygens (including phenoxy) is 1. The van der Waals surface area contributed by atoms with Gasteiger partial charge in [-0.15, -0.1) is 0 Å². The standard InChI is InChI=1S/C15H22N2O3/c1-12-3-4-14(9-15(12)17(18)19)10-16-7-2-8-20-11-13-5-6-13/h3-4,9,13,16H,2,5-8,10-11H2,1H3. The second-order valence-corrected chi connectivity index (χ2v) is 5.43. The fourth-order valence-electron chi connectivity index (χ4n) is 2.03. The van der Waals surface area contributed by atoms with Gasteiger partial charge >= 0.3 is 0 Å². The highest BCUT2D eigenvalue weighted by Gasteiger charge is 2.20. The molecule has 0 unspecified atom stereocenters. The quantitative estimate of drug-likeness (QED) is 0.428. The molecule has 0 atom stereocenters. The van der Waals surface area contributed by atoms with Crippen molar-refractivity contribution in [3.8, 4) is 0 Å². The molecule has 5 heteroatoms. The summed E-state index contributed by atoms with van der Waals surface area (Å²) in [4.78, 5) is 10.5. The normalized spacial score (nSPS) is 14.4. The average molecular weight is 278 g/mol. The lowest BCUT2D eigenvalue weighted by atomic mass is 10.1. The van der Waals surface area contributed by atoms with E-state index in [9.17, 15) is 10.1 Å². The SMILES string of the molecule is Cc1ccc(CNCCCOCC2CC2)cc1[N+](=O)[O-]. The monoisotopic (exact) mass is 278 g/mol. The molecule has 20 heavy (non-hydrogen) atoms. The second-order valence-electron chi connectivity index (χ2n) is 5.43. The zero-order valence-corrected chi connectivity index (χ0v) is 11.9. The lowest BCUT2D eigenvalue weighted by Gasteiger charge is -2.06. The number of aryl methyl sites for hydroxylation is 1. The molecule has 1 N–H and O–H groups in total. The van der Waals surface area contributed by atoms with Gasteiger partial charge in [0, 0.05) is 31.4 Å². The molecule has 0 aromatic heterocycles. The maximum atomic E-state index is 10.9. The van der Waals surface area contributed by atoms with Gasteiger partial charge in [-0.05, 0) is 44.2 Å². The van der Waals surface area contributed by atoms with Crippen molar-refractivity contribution in [1.82, 2.24) is 5.32 Å². The summed E-state index contributed by atoms with van der Waals surface area (Å²) in [5.41, 5.74) is 1.84. The third kappa shape index (κ3) is 4.90. The van der Waals surface area contributed by atoms with E-state index in [2.05, 4.69) is 5.32 Å². The van der Waals surface area contributed by atoms with Gasteiger partial charge in [-0.1, -0.05) is 12.1 Å². The molecule has 0 spiro atoms. The highest BCUT2D eigenvalue weighted by Crippen LogP contribution is 2.28. The molecule has 0 amide bonds. The Morgan fingerprint density at radius 3 is 2.95 bits per heavy atom. The molecule has 1 saturated carbocycles. The zero-order valence-electron chi connectivity index (χ0n) is 11.9. The van der Waals surface area contributed by atoms with Gasteiger partial charge in [-0.25, -0.2) is 0 Å². The van der Waals surface area contributed by atoms with E-state index >= 15 is 0 Å². The van der Waals surface area contributed by atoms with Crippen LogP contribution in [0, 0.1) is 23.0 Å². The highest BCUT2D eigenvalue weighted by atomic mass is 16.6. The number of nitro groups is 1. The van der Waals surface area contributed by atoms with Crippen molar-refractivity contribution in [3.63, 3.8) is 0 Å². The highest BCUT2D eigenvalue weighted by molar-refractivity contribution is 5.42. The summed E-state index contributed by atoms with van der Waals surface area (Å²) in [6.45, 7) is 4.98. The van der Waals surface area contributed by atoms with E-state index in [1.165, 1.54) is 12.8 Å². The van der Waals surface area contributed by atoms with Crippen LogP contribution in [0.5, 0.6) is 0 Å². The Kier molecular flexibility index (Phi) is 5.49. The van der Waals surface area contributed by atoms with Crippen molar-refractivity contribution in [2.24, 2.45) is 5.92 Å². The van der Waals surface area contributed by atoms with Gasteiger partial charge < -0.3 is 10.1 Å². The topological polar surface area (TPSA) is 64.4 Å². The van der Waals surface area contributed by atoms with Gasteiger partial charge in [0.15, 0.2) is 0 Å². The predicted molar refractivity (Wildman–Crippen MR) is 77.7 cm³/mol. The first-order valence-corrected chi connectivity index (χ1v) is 7.19. The first-order chi connectivity index (χ1) is 9.66. The van der Waals surface area contributed by atoms with Crippen molar-refractivity contribution >= 4 is 5.69 Å². The smallest absolute Gasteiger partial charge is 0.272 e. The Morgan fingerprint density at radius 2 is 2.25 bits per heavy atom. The van der Waals surface area contributed by atoms with Gasteiger partial charge in [-0.2, -0.15) is 0 Å².